The van der Waals surface area contributed by atoms with Gasteiger partial charge in [0.1, 0.15) is 5.82 Å². The van der Waals surface area contributed by atoms with Gasteiger partial charge in [-0.3, -0.25) is 14.4 Å². The van der Waals surface area contributed by atoms with Gasteiger partial charge in [0.05, 0.1) is 6.42 Å². The van der Waals surface area contributed by atoms with Gasteiger partial charge >= 0.3 is 0 Å². The molecule has 0 radical (unpaired) electrons. The second-order valence-corrected chi connectivity index (χ2v) is 6.75. The molecule has 1 aliphatic heterocycles. The van der Waals surface area contributed by atoms with Crippen LogP contribution in [0.25, 0.3) is 0 Å². The van der Waals surface area contributed by atoms with E-state index in [0.29, 0.717) is 43.9 Å². The van der Waals surface area contributed by atoms with Crippen LogP contribution in [0, 0.1) is 12.7 Å². The van der Waals surface area contributed by atoms with Crippen molar-refractivity contribution in [2.24, 2.45) is 0 Å². The number of nitrogens with zero attached hydrogens (tertiary/aromatic N) is 2. The zero-order chi connectivity index (χ0) is 19.4. The summed E-state index contributed by atoms with van der Waals surface area (Å²) in [6, 6.07) is 8.86. The minimum absolute atomic E-state index is 0.0390. The van der Waals surface area contributed by atoms with Gasteiger partial charge in [-0.05, 0) is 37.1 Å². The summed E-state index contributed by atoms with van der Waals surface area (Å²) in [7, 11) is 0. The number of aromatic amines is 1. The van der Waals surface area contributed by atoms with E-state index in [1.807, 2.05) is 0 Å². The van der Waals surface area contributed by atoms with Crippen molar-refractivity contribution in [2.75, 3.05) is 26.2 Å². The quantitative estimate of drug-likeness (QED) is 0.893. The van der Waals surface area contributed by atoms with E-state index >= 15 is 0 Å². The van der Waals surface area contributed by atoms with E-state index in [9.17, 15) is 18.8 Å². The summed E-state index contributed by atoms with van der Waals surface area (Å²) < 4.78 is 13.0. The van der Waals surface area contributed by atoms with Crippen LogP contribution in [-0.4, -0.2) is 52.8 Å². The van der Waals surface area contributed by atoms with Crippen LogP contribution in [0.2, 0.25) is 0 Å². The highest BCUT2D eigenvalue weighted by Gasteiger charge is 2.23. The first-order chi connectivity index (χ1) is 12.9. The highest BCUT2D eigenvalue weighted by Crippen LogP contribution is 2.11. The first-order valence-corrected chi connectivity index (χ1v) is 8.95. The van der Waals surface area contributed by atoms with Crippen LogP contribution in [0.4, 0.5) is 4.39 Å². The standard InChI is InChI=1S/C20H22FN3O3/c1-14-11-16(13-18(25)22-14)20(27)24-8-2-7-23(9-10-24)19(26)12-15-3-5-17(21)6-4-15/h3-6,11,13H,2,7-10,12H2,1H3,(H,22,25). The first kappa shape index (κ1) is 18.8. The lowest BCUT2D eigenvalue weighted by Gasteiger charge is -2.22. The molecular formula is C20H22FN3O3. The molecule has 2 aromatic rings. The zero-order valence-corrected chi connectivity index (χ0v) is 15.2. The third kappa shape index (κ3) is 4.81. The molecule has 0 saturated carbocycles. The maximum Gasteiger partial charge on any atom is 0.254 e. The van der Waals surface area contributed by atoms with E-state index in [1.54, 1.807) is 34.9 Å². The average molecular weight is 371 g/mol. The minimum Gasteiger partial charge on any atom is -0.341 e. The molecule has 1 aromatic heterocycles. The molecule has 0 bridgehead atoms. The number of halogens is 1. The minimum atomic E-state index is -0.329. The summed E-state index contributed by atoms with van der Waals surface area (Å²) in [5.41, 5.74) is 1.46. The Balaban J connectivity index is 1.62. The van der Waals surface area contributed by atoms with Gasteiger partial charge in [-0.15, -0.1) is 0 Å². The molecule has 0 unspecified atom stereocenters. The molecule has 0 spiro atoms. The Labute approximate surface area is 156 Å². The van der Waals surface area contributed by atoms with Crippen LogP contribution in [0.3, 0.4) is 0 Å². The fraction of sp³-hybridized carbons (Fsp3) is 0.350. The third-order valence-electron chi connectivity index (χ3n) is 4.63. The van der Waals surface area contributed by atoms with Crippen molar-refractivity contribution in [2.45, 2.75) is 19.8 Å². The summed E-state index contributed by atoms with van der Waals surface area (Å²) in [6.45, 7) is 3.69. The Morgan fingerprint density at radius 1 is 1.04 bits per heavy atom. The third-order valence-corrected chi connectivity index (χ3v) is 4.63. The number of benzene rings is 1. The van der Waals surface area contributed by atoms with E-state index in [-0.39, 0.29) is 29.6 Å². The molecule has 0 aliphatic carbocycles. The number of hydrogen-bond acceptors (Lipinski definition) is 3. The normalized spacial score (nSPS) is 14.7. The van der Waals surface area contributed by atoms with Gasteiger partial charge in [0, 0.05) is 43.5 Å². The fourth-order valence-electron chi connectivity index (χ4n) is 3.25. The second-order valence-electron chi connectivity index (χ2n) is 6.75. The number of aryl methyl sites for hydroxylation is 1. The van der Waals surface area contributed by atoms with Crippen molar-refractivity contribution in [1.82, 2.24) is 14.8 Å². The van der Waals surface area contributed by atoms with Crippen LogP contribution in [0.1, 0.15) is 28.0 Å². The number of carbonyl (C=O) groups is 2. The second kappa shape index (κ2) is 8.16. The number of hydrogen-bond donors (Lipinski definition) is 1. The molecule has 1 saturated heterocycles. The van der Waals surface area contributed by atoms with Gasteiger partial charge in [-0.2, -0.15) is 0 Å². The van der Waals surface area contributed by atoms with E-state index in [1.165, 1.54) is 18.2 Å². The fourth-order valence-corrected chi connectivity index (χ4v) is 3.25. The van der Waals surface area contributed by atoms with Crippen molar-refractivity contribution in [3.63, 3.8) is 0 Å². The summed E-state index contributed by atoms with van der Waals surface area (Å²) in [4.78, 5) is 42.9. The number of amides is 2. The molecule has 0 atom stereocenters. The Hall–Kier alpha value is -2.96. The van der Waals surface area contributed by atoms with Crippen LogP contribution < -0.4 is 5.56 Å². The molecule has 6 nitrogen and oxygen atoms in total. The van der Waals surface area contributed by atoms with Gasteiger partial charge in [-0.25, -0.2) is 4.39 Å². The first-order valence-electron chi connectivity index (χ1n) is 8.95. The van der Waals surface area contributed by atoms with E-state index in [4.69, 9.17) is 0 Å². The van der Waals surface area contributed by atoms with Gasteiger partial charge in [0.2, 0.25) is 11.5 Å². The van der Waals surface area contributed by atoms with Crippen molar-refractivity contribution >= 4 is 11.8 Å². The lowest BCUT2D eigenvalue weighted by Crippen LogP contribution is -2.38. The predicted molar refractivity (Wildman–Crippen MR) is 99.0 cm³/mol. The topological polar surface area (TPSA) is 73.5 Å². The maximum absolute atomic E-state index is 13.0. The van der Waals surface area contributed by atoms with E-state index < -0.39 is 0 Å². The Morgan fingerprint density at radius 3 is 2.41 bits per heavy atom. The SMILES string of the molecule is Cc1cc(C(=O)N2CCCN(C(=O)Cc3ccc(F)cc3)CC2)cc(=O)[nH]1. The molecule has 2 amide bonds. The monoisotopic (exact) mass is 371 g/mol. The molecule has 7 heteroatoms. The van der Waals surface area contributed by atoms with Gasteiger partial charge < -0.3 is 14.8 Å². The molecule has 3 rings (SSSR count). The highest BCUT2D eigenvalue weighted by atomic mass is 19.1. The molecule has 1 aromatic carbocycles. The lowest BCUT2D eigenvalue weighted by molar-refractivity contribution is -0.130. The summed E-state index contributed by atoms with van der Waals surface area (Å²) in [5, 5.41) is 0. The number of H-pyrrole nitrogens is 1. The van der Waals surface area contributed by atoms with Crippen LogP contribution in [0.5, 0.6) is 0 Å². The summed E-state index contributed by atoms with van der Waals surface area (Å²) in [5.74, 6) is -0.565. The average Bonchev–Trinajstić information content (AvgIpc) is 2.88. The molecule has 2 heterocycles. The van der Waals surface area contributed by atoms with Gasteiger partial charge in [0.25, 0.3) is 5.91 Å². The van der Waals surface area contributed by atoms with Crippen LogP contribution in [-0.2, 0) is 11.2 Å². The summed E-state index contributed by atoms with van der Waals surface area (Å²) >= 11 is 0. The predicted octanol–water partition coefficient (Wildman–Crippen LogP) is 1.74. The number of nitrogens with one attached hydrogen (secondary N) is 1. The number of pyridine rings is 1. The Kier molecular flexibility index (Phi) is 5.69. The zero-order valence-electron chi connectivity index (χ0n) is 15.2. The van der Waals surface area contributed by atoms with Crippen molar-refractivity contribution in [3.8, 4) is 0 Å². The summed E-state index contributed by atoms with van der Waals surface area (Å²) in [6.07, 6.45) is 0.880. The van der Waals surface area contributed by atoms with Gasteiger partial charge in [-0.1, -0.05) is 12.1 Å². The van der Waals surface area contributed by atoms with E-state index in [0.717, 1.165) is 5.56 Å². The van der Waals surface area contributed by atoms with Gasteiger partial charge in [0.15, 0.2) is 0 Å². The van der Waals surface area contributed by atoms with Crippen LogP contribution >= 0.6 is 0 Å². The smallest absolute Gasteiger partial charge is 0.254 e. The number of rotatable bonds is 3. The van der Waals surface area contributed by atoms with Crippen molar-refractivity contribution in [1.29, 1.82) is 0 Å². The number of carbonyl (C=O) groups excluding carboxylic acids is 2. The lowest BCUT2D eigenvalue weighted by atomic mass is 10.1. The largest absolute Gasteiger partial charge is 0.341 e. The number of aromatic nitrogens is 1. The molecule has 1 aliphatic rings. The molecule has 142 valence electrons. The van der Waals surface area contributed by atoms with Crippen molar-refractivity contribution in [3.05, 3.63) is 69.4 Å². The molecular weight excluding hydrogens is 349 g/mol. The Bertz CT molecular complexity index is 892. The van der Waals surface area contributed by atoms with E-state index in [2.05, 4.69) is 4.98 Å². The Morgan fingerprint density at radius 2 is 1.70 bits per heavy atom. The molecule has 1 fully saturated rings. The molecule has 27 heavy (non-hydrogen) atoms. The maximum atomic E-state index is 13.0. The molecule has 1 N–H and O–H groups in total. The van der Waals surface area contributed by atoms with Crippen molar-refractivity contribution < 1.29 is 14.0 Å². The highest BCUT2D eigenvalue weighted by molar-refractivity contribution is 5.94. The van der Waals surface area contributed by atoms with Crippen LogP contribution in [0.15, 0.2) is 41.2 Å².